The van der Waals surface area contributed by atoms with Gasteiger partial charge < -0.3 is 14.8 Å². The zero-order valence-corrected chi connectivity index (χ0v) is 13.0. The van der Waals surface area contributed by atoms with Crippen LogP contribution in [0.15, 0.2) is 0 Å². The van der Waals surface area contributed by atoms with Gasteiger partial charge in [-0.2, -0.15) is 0 Å². The van der Waals surface area contributed by atoms with Gasteiger partial charge >= 0.3 is 0 Å². The van der Waals surface area contributed by atoms with Crippen molar-refractivity contribution in [2.45, 2.75) is 83.0 Å². The summed E-state index contributed by atoms with van der Waals surface area (Å²) in [7, 11) is 0. The van der Waals surface area contributed by atoms with E-state index in [4.69, 9.17) is 9.47 Å². The Bertz CT molecular complexity index is 297. The standard InChI is InChI=1S/C17H31NO2/c1-2-19-16-13-15(17(16)9-6-10-17)18-11-12-20-14-7-4-3-5-8-14/h14-16,18H,2-13H2,1H3. The molecule has 0 aliphatic heterocycles. The second-order valence-corrected chi connectivity index (χ2v) is 6.90. The topological polar surface area (TPSA) is 30.5 Å². The molecule has 3 aliphatic rings. The molecule has 0 bridgehead atoms. The first-order chi connectivity index (χ1) is 9.85. The van der Waals surface area contributed by atoms with Gasteiger partial charge in [0.15, 0.2) is 0 Å². The maximum atomic E-state index is 6.00. The third kappa shape index (κ3) is 2.90. The van der Waals surface area contributed by atoms with Gasteiger partial charge in [0, 0.05) is 24.6 Å². The van der Waals surface area contributed by atoms with Crippen LogP contribution in [-0.2, 0) is 9.47 Å². The average Bonchev–Trinajstić information content (AvgIpc) is 2.40. The smallest absolute Gasteiger partial charge is 0.0661 e. The molecule has 0 aromatic heterocycles. The Hall–Kier alpha value is -0.120. The highest BCUT2D eigenvalue weighted by Gasteiger charge is 2.58. The van der Waals surface area contributed by atoms with Crippen LogP contribution < -0.4 is 5.32 Å². The molecule has 0 aromatic rings. The minimum Gasteiger partial charge on any atom is -0.378 e. The first-order valence-corrected chi connectivity index (χ1v) is 8.82. The summed E-state index contributed by atoms with van der Waals surface area (Å²) in [4.78, 5) is 0. The van der Waals surface area contributed by atoms with Crippen LogP contribution in [0.25, 0.3) is 0 Å². The van der Waals surface area contributed by atoms with E-state index in [9.17, 15) is 0 Å². The Labute approximate surface area is 123 Å². The predicted molar refractivity (Wildman–Crippen MR) is 80.9 cm³/mol. The van der Waals surface area contributed by atoms with E-state index >= 15 is 0 Å². The molecule has 116 valence electrons. The Morgan fingerprint density at radius 2 is 1.85 bits per heavy atom. The van der Waals surface area contributed by atoms with Crippen LogP contribution in [0, 0.1) is 5.41 Å². The summed E-state index contributed by atoms with van der Waals surface area (Å²) >= 11 is 0. The van der Waals surface area contributed by atoms with Crippen LogP contribution in [0.1, 0.15) is 64.7 Å². The fraction of sp³-hybridized carbons (Fsp3) is 1.00. The van der Waals surface area contributed by atoms with Crippen LogP contribution in [-0.4, -0.2) is 38.0 Å². The summed E-state index contributed by atoms with van der Waals surface area (Å²) in [5.41, 5.74) is 0.487. The number of hydrogen-bond acceptors (Lipinski definition) is 3. The summed E-state index contributed by atoms with van der Waals surface area (Å²) in [5, 5.41) is 3.73. The largest absolute Gasteiger partial charge is 0.378 e. The van der Waals surface area contributed by atoms with E-state index in [0.717, 1.165) is 19.8 Å². The molecule has 3 nitrogen and oxygen atoms in total. The Morgan fingerprint density at radius 1 is 1.05 bits per heavy atom. The Morgan fingerprint density at radius 3 is 2.50 bits per heavy atom. The fourth-order valence-corrected chi connectivity index (χ4v) is 4.42. The van der Waals surface area contributed by atoms with Gasteiger partial charge in [0.1, 0.15) is 0 Å². The fourth-order valence-electron chi connectivity index (χ4n) is 4.42. The summed E-state index contributed by atoms with van der Waals surface area (Å²) in [6, 6.07) is 0.683. The lowest BCUT2D eigenvalue weighted by Gasteiger charge is -2.61. The molecule has 2 unspecified atom stereocenters. The van der Waals surface area contributed by atoms with Crippen LogP contribution in [0.4, 0.5) is 0 Å². The van der Waals surface area contributed by atoms with Crippen molar-refractivity contribution in [3.63, 3.8) is 0 Å². The first kappa shape index (κ1) is 14.8. The van der Waals surface area contributed by atoms with Gasteiger partial charge in [0.2, 0.25) is 0 Å². The van der Waals surface area contributed by atoms with Crippen molar-refractivity contribution in [2.75, 3.05) is 19.8 Å². The molecular formula is C17H31NO2. The summed E-state index contributed by atoms with van der Waals surface area (Å²) in [6.45, 7) is 4.88. The van der Waals surface area contributed by atoms with Crippen LogP contribution >= 0.6 is 0 Å². The second kappa shape index (κ2) is 6.76. The van der Waals surface area contributed by atoms with Crippen molar-refractivity contribution in [2.24, 2.45) is 5.41 Å². The van der Waals surface area contributed by atoms with Gasteiger partial charge in [-0.15, -0.1) is 0 Å². The molecule has 0 saturated heterocycles. The lowest BCUT2D eigenvalue weighted by Crippen LogP contribution is -2.67. The van der Waals surface area contributed by atoms with E-state index < -0.39 is 0 Å². The third-order valence-corrected chi connectivity index (χ3v) is 5.84. The minimum atomic E-state index is 0.487. The molecule has 20 heavy (non-hydrogen) atoms. The maximum Gasteiger partial charge on any atom is 0.0661 e. The molecule has 0 amide bonds. The summed E-state index contributed by atoms with van der Waals surface area (Å²) < 4.78 is 11.9. The highest BCUT2D eigenvalue weighted by molar-refractivity contribution is 5.12. The van der Waals surface area contributed by atoms with Crippen molar-refractivity contribution in [1.29, 1.82) is 0 Å². The SMILES string of the molecule is CCOC1CC(NCCOC2CCCCC2)C12CCC2. The van der Waals surface area contributed by atoms with E-state index in [1.807, 2.05) is 0 Å². The molecule has 3 rings (SSSR count). The number of rotatable bonds is 7. The number of ether oxygens (including phenoxy) is 2. The minimum absolute atomic E-state index is 0.487. The summed E-state index contributed by atoms with van der Waals surface area (Å²) in [6.07, 6.45) is 13.1. The molecule has 2 atom stereocenters. The zero-order valence-electron chi connectivity index (χ0n) is 13.0. The summed E-state index contributed by atoms with van der Waals surface area (Å²) in [5.74, 6) is 0. The number of hydrogen-bond donors (Lipinski definition) is 1. The van der Waals surface area contributed by atoms with Crippen molar-refractivity contribution in [1.82, 2.24) is 5.32 Å². The molecule has 3 saturated carbocycles. The predicted octanol–water partition coefficient (Wildman–Crippen LogP) is 3.27. The van der Waals surface area contributed by atoms with Crippen molar-refractivity contribution >= 4 is 0 Å². The van der Waals surface area contributed by atoms with E-state index in [0.29, 0.717) is 23.7 Å². The third-order valence-electron chi connectivity index (χ3n) is 5.84. The monoisotopic (exact) mass is 281 g/mol. The maximum absolute atomic E-state index is 6.00. The van der Waals surface area contributed by atoms with Gasteiger partial charge in [0.05, 0.1) is 18.8 Å². The van der Waals surface area contributed by atoms with E-state index in [1.165, 1.54) is 57.8 Å². The normalized spacial score (nSPS) is 32.9. The molecule has 3 heteroatoms. The molecule has 3 aliphatic carbocycles. The van der Waals surface area contributed by atoms with Crippen molar-refractivity contribution in [3.05, 3.63) is 0 Å². The molecule has 0 radical (unpaired) electrons. The van der Waals surface area contributed by atoms with Gasteiger partial charge in [-0.3, -0.25) is 0 Å². The van der Waals surface area contributed by atoms with E-state index in [1.54, 1.807) is 0 Å². The van der Waals surface area contributed by atoms with Gasteiger partial charge in [-0.1, -0.05) is 25.7 Å². The molecule has 0 aromatic carbocycles. The second-order valence-electron chi connectivity index (χ2n) is 6.90. The molecular weight excluding hydrogens is 250 g/mol. The Balaban J connectivity index is 1.33. The quantitative estimate of drug-likeness (QED) is 0.727. The highest BCUT2D eigenvalue weighted by Crippen LogP contribution is 2.57. The molecule has 0 heterocycles. The van der Waals surface area contributed by atoms with Crippen molar-refractivity contribution in [3.8, 4) is 0 Å². The Kier molecular flexibility index (Phi) is 5.00. The average molecular weight is 281 g/mol. The van der Waals surface area contributed by atoms with E-state index in [2.05, 4.69) is 12.2 Å². The molecule has 1 N–H and O–H groups in total. The van der Waals surface area contributed by atoms with E-state index in [-0.39, 0.29) is 0 Å². The van der Waals surface area contributed by atoms with Crippen LogP contribution in [0.2, 0.25) is 0 Å². The lowest BCUT2D eigenvalue weighted by molar-refractivity contribution is -0.173. The molecule has 1 spiro atoms. The van der Waals surface area contributed by atoms with Gasteiger partial charge in [-0.05, 0) is 39.0 Å². The lowest BCUT2D eigenvalue weighted by atomic mass is 9.51. The van der Waals surface area contributed by atoms with Gasteiger partial charge in [-0.25, -0.2) is 0 Å². The molecule has 3 fully saturated rings. The van der Waals surface area contributed by atoms with Crippen LogP contribution in [0.5, 0.6) is 0 Å². The zero-order chi connectivity index (χ0) is 13.8. The van der Waals surface area contributed by atoms with Gasteiger partial charge in [0.25, 0.3) is 0 Å². The highest BCUT2D eigenvalue weighted by atomic mass is 16.5. The van der Waals surface area contributed by atoms with Crippen molar-refractivity contribution < 1.29 is 9.47 Å². The number of nitrogens with one attached hydrogen (secondary N) is 1. The van der Waals surface area contributed by atoms with Crippen LogP contribution in [0.3, 0.4) is 0 Å². The first-order valence-electron chi connectivity index (χ1n) is 8.82.